The summed E-state index contributed by atoms with van der Waals surface area (Å²) in [5.74, 6) is 0.899. The van der Waals surface area contributed by atoms with Gasteiger partial charge in [0, 0.05) is 25.0 Å². The van der Waals surface area contributed by atoms with Crippen LogP contribution in [0.5, 0.6) is 0 Å². The van der Waals surface area contributed by atoms with Crippen molar-refractivity contribution in [3.8, 4) is 0 Å². The lowest BCUT2D eigenvalue weighted by Gasteiger charge is -2.22. The second-order valence-electron chi connectivity index (χ2n) is 5.79. The van der Waals surface area contributed by atoms with Gasteiger partial charge < -0.3 is 15.4 Å². The molecule has 0 spiro atoms. The number of ether oxygens (including phenoxy) is 1. The van der Waals surface area contributed by atoms with Crippen molar-refractivity contribution in [1.29, 1.82) is 0 Å². The summed E-state index contributed by atoms with van der Waals surface area (Å²) in [6.45, 7) is 6.75. The molecule has 0 aromatic rings. The Bertz CT molecular complexity index is 262. The van der Waals surface area contributed by atoms with Gasteiger partial charge in [-0.15, -0.1) is 12.4 Å². The predicted molar refractivity (Wildman–Crippen MR) is 74.0 cm³/mol. The molecule has 2 fully saturated rings. The van der Waals surface area contributed by atoms with Crippen molar-refractivity contribution in [3.05, 3.63) is 0 Å². The van der Waals surface area contributed by atoms with Gasteiger partial charge in [0.15, 0.2) is 0 Å². The molecule has 2 aliphatic heterocycles. The van der Waals surface area contributed by atoms with E-state index in [4.69, 9.17) is 4.74 Å². The molecule has 5 heteroatoms. The summed E-state index contributed by atoms with van der Waals surface area (Å²) >= 11 is 0. The highest BCUT2D eigenvalue weighted by atomic mass is 35.5. The van der Waals surface area contributed by atoms with E-state index < -0.39 is 0 Å². The van der Waals surface area contributed by atoms with Crippen LogP contribution in [0, 0.1) is 11.3 Å². The fourth-order valence-electron chi connectivity index (χ4n) is 2.55. The van der Waals surface area contributed by atoms with Crippen LogP contribution in [0.25, 0.3) is 0 Å². The van der Waals surface area contributed by atoms with Crippen molar-refractivity contribution in [2.75, 3.05) is 32.8 Å². The molecule has 0 aromatic heterocycles. The van der Waals surface area contributed by atoms with Gasteiger partial charge >= 0.3 is 0 Å². The summed E-state index contributed by atoms with van der Waals surface area (Å²) in [6.07, 6.45) is 3.97. The third-order valence-electron chi connectivity index (χ3n) is 3.95. The number of amides is 1. The van der Waals surface area contributed by atoms with E-state index in [0.29, 0.717) is 12.3 Å². The zero-order chi connectivity index (χ0) is 12.1. The highest BCUT2D eigenvalue weighted by molar-refractivity contribution is 5.85. The van der Waals surface area contributed by atoms with Crippen LogP contribution in [0.4, 0.5) is 0 Å². The molecule has 0 aromatic carbocycles. The molecule has 2 unspecified atom stereocenters. The largest absolute Gasteiger partial charge is 0.381 e. The van der Waals surface area contributed by atoms with Gasteiger partial charge in [-0.2, -0.15) is 0 Å². The van der Waals surface area contributed by atoms with Crippen LogP contribution in [-0.2, 0) is 9.53 Å². The lowest BCUT2D eigenvalue weighted by molar-refractivity contribution is -0.121. The average Bonchev–Trinajstić information content (AvgIpc) is 2.95. The van der Waals surface area contributed by atoms with Gasteiger partial charge in [0.25, 0.3) is 0 Å². The van der Waals surface area contributed by atoms with Crippen molar-refractivity contribution >= 4 is 18.3 Å². The molecule has 2 N–H and O–H groups in total. The van der Waals surface area contributed by atoms with Crippen LogP contribution in [0.2, 0.25) is 0 Å². The van der Waals surface area contributed by atoms with Gasteiger partial charge in [-0.3, -0.25) is 4.79 Å². The van der Waals surface area contributed by atoms with E-state index >= 15 is 0 Å². The first-order valence-electron chi connectivity index (χ1n) is 6.73. The highest BCUT2D eigenvalue weighted by Gasteiger charge is 2.29. The first kappa shape index (κ1) is 15.7. The summed E-state index contributed by atoms with van der Waals surface area (Å²) in [7, 11) is 0. The fourth-order valence-corrected chi connectivity index (χ4v) is 2.55. The number of hydrogen-bond acceptors (Lipinski definition) is 3. The van der Waals surface area contributed by atoms with E-state index in [2.05, 4.69) is 17.6 Å². The van der Waals surface area contributed by atoms with Gasteiger partial charge in [0.1, 0.15) is 0 Å². The molecule has 2 heterocycles. The standard InChI is InChI=1S/C13H24N2O2.ClH/c1-13(5-7-17-10-13)9-15-12(16)3-2-11-4-6-14-8-11;/h11,14H,2-10H2,1H3,(H,15,16);1H. The third kappa shape index (κ3) is 4.75. The van der Waals surface area contributed by atoms with Gasteiger partial charge in [0.2, 0.25) is 5.91 Å². The average molecular weight is 277 g/mol. The van der Waals surface area contributed by atoms with E-state index in [1.54, 1.807) is 0 Å². The molecule has 4 nitrogen and oxygen atoms in total. The molecule has 0 bridgehead atoms. The lowest BCUT2D eigenvalue weighted by Crippen LogP contribution is -2.36. The number of nitrogens with one attached hydrogen (secondary N) is 2. The SMILES string of the molecule is CC1(CNC(=O)CCC2CCNC2)CCOC1.Cl. The zero-order valence-electron chi connectivity index (χ0n) is 11.2. The molecule has 2 rings (SSSR count). The van der Waals surface area contributed by atoms with Crippen LogP contribution in [0.15, 0.2) is 0 Å². The molecular weight excluding hydrogens is 252 g/mol. The summed E-state index contributed by atoms with van der Waals surface area (Å²) in [5, 5.41) is 6.38. The Kier molecular flexibility index (Phi) is 6.39. The Balaban J connectivity index is 0.00000162. The maximum Gasteiger partial charge on any atom is 0.220 e. The van der Waals surface area contributed by atoms with Gasteiger partial charge in [-0.05, 0) is 38.3 Å². The smallest absolute Gasteiger partial charge is 0.220 e. The molecule has 0 radical (unpaired) electrons. The maximum atomic E-state index is 11.7. The molecular formula is C13H25ClN2O2. The minimum absolute atomic E-state index is 0. The number of halogens is 1. The summed E-state index contributed by atoms with van der Waals surface area (Å²) in [5.41, 5.74) is 0.157. The predicted octanol–water partition coefficient (Wildman–Crippen LogP) is 1.34. The first-order valence-corrected chi connectivity index (χ1v) is 6.73. The van der Waals surface area contributed by atoms with Crippen LogP contribution >= 0.6 is 12.4 Å². The maximum absolute atomic E-state index is 11.7. The van der Waals surface area contributed by atoms with Crippen molar-refractivity contribution in [3.63, 3.8) is 0 Å². The Labute approximate surface area is 116 Å². The Morgan fingerprint density at radius 3 is 3.00 bits per heavy atom. The molecule has 2 atom stereocenters. The first-order chi connectivity index (χ1) is 8.18. The van der Waals surface area contributed by atoms with Crippen molar-refractivity contribution in [2.45, 2.75) is 32.6 Å². The van der Waals surface area contributed by atoms with Gasteiger partial charge in [0.05, 0.1) is 6.61 Å². The Hall–Kier alpha value is -0.320. The number of rotatable bonds is 5. The van der Waals surface area contributed by atoms with Crippen molar-refractivity contribution < 1.29 is 9.53 Å². The number of carbonyl (C=O) groups excluding carboxylic acids is 1. The lowest BCUT2D eigenvalue weighted by atomic mass is 9.90. The minimum Gasteiger partial charge on any atom is -0.381 e. The molecule has 2 saturated heterocycles. The Morgan fingerprint density at radius 2 is 2.39 bits per heavy atom. The normalized spacial score (nSPS) is 31.1. The van der Waals surface area contributed by atoms with Gasteiger partial charge in [-0.25, -0.2) is 0 Å². The minimum atomic E-state index is 0. The summed E-state index contributed by atoms with van der Waals surface area (Å²) < 4.78 is 5.37. The Morgan fingerprint density at radius 1 is 1.56 bits per heavy atom. The van der Waals surface area contributed by atoms with Crippen LogP contribution in [0.1, 0.15) is 32.6 Å². The second-order valence-corrected chi connectivity index (χ2v) is 5.79. The van der Waals surface area contributed by atoms with Crippen LogP contribution in [0.3, 0.4) is 0 Å². The molecule has 0 saturated carbocycles. The monoisotopic (exact) mass is 276 g/mol. The third-order valence-corrected chi connectivity index (χ3v) is 3.95. The van der Waals surface area contributed by atoms with Gasteiger partial charge in [-0.1, -0.05) is 6.92 Å². The van der Waals surface area contributed by atoms with Crippen molar-refractivity contribution in [2.24, 2.45) is 11.3 Å². The second kappa shape index (κ2) is 7.31. The fraction of sp³-hybridized carbons (Fsp3) is 0.923. The van der Waals surface area contributed by atoms with E-state index in [1.165, 1.54) is 6.42 Å². The summed E-state index contributed by atoms with van der Waals surface area (Å²) in [6, 6.07) is 0. The molecule has 1 amide bonds. The van der Waals surface area contributed by atoms with Crippen molar-refractivity contribution in [1.82, 2.24) is 10.6 Å². The van der Waals surface area contributed by atoms with E-state index in [9.17, 15) is 4.79 Å². The quantitative estimate of drug-likeness (QED) is 0.797. The number of hydrogen-bond donors (Lipinski definition) is 2. The van der Waals surface area contributed by atoms with E-state index in [-0.39, 0.29) is 23.7 Å². The molecule has 0 aliphatic carbocycles. The summed E-state index contributed by atoms with van der Waals surface area (Å²) in [4.78, 5) is 11.7. The molecule has 18 heavy (non-hydrogen) atoms. The van der Waals surface area contributed by atoms with Crippen LogP contribution in [-0.4, -0.2) is 38.8 Å². The number of carbonyl (C=O) groups is 1. The topological polar surface area (TPSA) is 50.4 Å². The van der Waals surface area contributed by atoms with Crippen LogP contribution < -0.4 is 10.6 Å². The molecule has 106 valence electrons. The zero-order valence-corrected chi connectivity index (χ0v) is 12.0. The molecule has 2 aliphatic rings. The van der Waals surface area contributed by atoms with E-state index in [1.807, 2.05) is 0 Å². The van der Waals surface area contributed by atoms with E-state index in [0.717, 1.165) is 45.7 Å². The highest BCUT2D eigenvalue weighted by Crippen LogP contribution is 2.26.